The largest absolute Gasteiger partial charge is 0.466 e. The number of aliphatic hydroxyl groups is 2. The number of esters is 1. The fourth-order valence-electron chi connectivity index (χ4n) is 9.58. The van der Waals surface area contributed by atoms with Gasteiger partial charge in [-0.2, -0.15) is 0 Å². The van der Waals surface area contributed by atoms with Gasteiger partial charge < -0.3 is 20.3 Å². The van der Waals surface area contributed by atoms with Crippen molar-refractivity contribution in [3.63, 3.8) is 0 Å². The van der Waals surface area contributed by atoms with E-state index in [0.717, 1.165) is 57.8 Å². The molecule has 1 amide bonds. The Balaban J connectivity index is 3.41. The first-order chi connectivity index (χ1) is 36.0. The number of rotatable bonds is 59. The summed E-state index contributed by atoms with van der Waals surface area (Å²) in [5.41, 5.74) is 0. The Labute approximate surface area is 454 Å². The van der Waals surface area contributed by atoms with Gasteiger partial charge in [-0.3, -0.25) is 9.59 Å². The molecule has 0 aromatic rings. The number of allylic oxidation sites excluding steroid dienone is 9. The zero-order chi connectivity index (χ0) is 52.9. The third kappa shape index (κ3) is 58.7. The fourth-order valence-corrected chi connectivity index (χ4v) is 9.58. The molecule has 0 aliphatic rings. The molecule has 426 valence electrons. The van der Waals surface area contributed by atoms with Crippen LogP contribution in [0.5, 0.6) is 0 Å². The van der Waals surface area contributed by atoms with E-state index >= 15 is 0 Å². The molecule has 0 saturated carbocycles. The summed E-state index contributed by atoms with van der Waals surface area (Å²) < 4.78 is 5.50. The van der Waals surface area contributed by atoms with Crippen LogP contribution in [-0.4, -0.2) is 47.4 Å². The van der Waals surface area contributed by atoms with Crippen LogP contribution in [0.25, 0.3) is 0 Å². The van der Waals surface area contributed by atoms with E-state index in [1.54, 1.807) is 6.08 Å². The lowest BCUT2D eigenvalue weighted by atomic mass is 10.0. The first kappa shape index (κ1) is 70.6. The minimum absolute atomic E-state index is 0.00590. The summed E-state index contributed by atoms with van der Waals surface area (Å²) >= 11 is 0. The molecule has 0 bridgehead atoms. The molecule has 6 nitrogen and oxygen atoms in total. The second kappa shape index (κ2) is 62.1. The molecule has 0 heterocycles. The van der Waals surface area contributed by atoms with Gasteiger partial charge in [0.05, 0.1) is 25.4 Å². The third-order valence-electron chi connectivity index (χ3n) is 14.5. The molecule has 0 aliphatic heterocycles. The Morgan fingerprint density at radius 3 is 1.07 bits per heavy atom. The van der Waals surface area contributed by atoms with Crippen LogP contribution in [0.4, 0.5) is 0 Å². The van der Waals surface area contributed by atoms with Gasteiger partial charge in [-0.25, -0.2) is 0 Å². The average molecular weight is 1020 g/mol. The molecule has 0 saturated heterocycles. The van der Waals surface area contributed by atoms with Gasteiger partial charge in [0, 0.05) is 12.8 Å². The van der Waals surface area contributed by atoms with Crippen molar-refractivity contribution in [3.8, 4) is 0 Å². The standard InChI is InChI=1S/C67H123NO5/c1-3-5-7-9-11-13-15-16-17-18-28-32-35-38-41-45-49-53-57-61-67(72)73-62-58-54-50-46-42-39-36-33-30-27-25-23-21-19-20-22-24-26-29-31-34-37-40-44-48-52-56-60-66(71)68-64(63-69)65(70)59-55-51-47-43-14-12-10-8-6-4-2/h11,13,16-17,19-20,23,25,55,59,64-65,69-70H,3-10,12,14-15,18,21-22,24,26-54,56-58,60-63H2,1-2H3,(H,68,71)/b13-11-,17-16-,20-19-,25-23-,59-55+. The van der Waals surface area contributed by atoms with E-state index in [1.807, 2.05) is 6.08 Å². The second-order valence-electron chi connectivity index (χ2n) is 21.7. The molecule has 0 aromatic carbocycles. The molecule has 6 heteroatoms. The van der Waals surface area contributed by atoms with E-state index in [2.05, 4.69) is 67.8 Å². The van der Waals surface area contributed by atoms with Gasteiger partial charge in [0.25, 0.3) is 0 Å². The molecule has 0 aromatic heterocycles. The van der Waals surface area contributed by atoms with E-state index in [4.69, 9.17) is 4.74 Å². The van der Waals surface area contributed by atoms with Crippen molar-refractivity contribution in [1.29, 1.82) is 0 Å². The minimum atomic E-state index is -0.846. The molecule has 0 spiro atoms. The summed E-state index contributed by atoms with van der Waals surface area (Å²) in [5, 5.41) is 23.0. The molecular weight excluding hydrogens is 899 g/mol. The number of hydrogen-bond donors (Lipinski definition) is 3. The van der Waals surface area contributed by atoms with Crippen LogP contribution in [-0.2, 0) is 14.3 Å². The lowest BCUT2D eigenvalue weighted by Crippen LogP contribution is -2.45. The first-order valence-corrected chi connectivity index (χ1v) is 32.1. The van der Waals surface area contributed by atoms with Gasteiger partial charge in [0.1, 0.15) is 0 Å². The fraction of sp³-hybridized carbons (Fsp3) is 0.821. The van der Waals surface area contributed by atoms with Gasteiger partial charge in [0.2, 0.25) is 5.91 Å². The molecular formula is C67H123NO5. The summed E-state index contributed by atoms with van der Waals surface area (Å²) in [6, 6.07) is -0.630. The SMILES string of the molecule is CCCCC/C=C\C/C=C\CCCCCCCCCCCC(=O)OCCCCCCCCCCC/C=C\C/C=C\CCCCCCCCCCCCCC(=O)NC(CO)C(O)/C=C/CCCCCCCCCC. The third-order valence-corrected chi connectivity index (χ3v) is 14.5. The van der Waals surface area contributed by atoms with E-state index in [1.165, 1.54) is 244 Å². The van der Waals surface area contributed by atoms with Crippen molar-refractivity contribution in [1.82, 2.24) is 5.32 Å². The van der Waals surface area contributed by atoms with Gasteiger partial charge in [0.15, 0.2) is 0 Å². The van der Waals surface area contributed by atoms with Gasteiger partial charge in [-0.15, -0.1) is 0 Å². The van der Waals surface area contributed by atoms with E-state index in [-0.39, 0.29) is 18.5 Å². The van der Waals surface area contributed by atoms with Crippen molar-refractivity contribution in [2.24, 2.45) is 0 Å². The molecule has 2 atom stereocenters. The Morgan fingerprint density at radius 2 is 0.685 bits per heavy atom. The van der Waals surface area contributed by atoms with Crippen LogP contribution in [0.1, 0.15) is 328 Å². The molecule has 0 rings (SSSR count). The highest BCUT2D eigenvalue weighted by Gasteiger charge is 2.18. The lowest BCUT2D eigenvalue weighted by molar-refractivity contribution is -0.143. The molecule has 2 unspecified atom stereocenters. The zero-order valence-electron chi connectivity index (χ0n) is 48.6. The van der Waals surface area contributed by atoms with Crippen molar-refractivity contribution in [3.05, 3.63) is 60.8 Å². The zero-order valence-corrected chi connectivity index (χ0v) is 48.6. The predicted molar refractivity (Wildman–Crippen MR) is 319 cm³/mol. The monoisotopic (exact) mass is 1020 g/mol. The second-order valence-corrected chi connectivity index (χ2v) is 21.7. The maximum absolute atomic E-state index is 12.4. The first-order valence-electron chi connectivity index (χ1n) is 32.1. The van der Waals surface area contributed by atoms with Crippen molar-refractivity contribution >= 4 is 11.9 Å². The molecule has 0 aliphatic carbocycles. The van der Waals surface area contributed by atoms with Gasteiger partial charge >= 0.3 is 5.97 Å². The number of nitrogens with one attached hydrogen (secondary N) is 1. The number of ether oxygens (including phenoxy) is 1. The summed E-state index contributed by atoms with van der Waals surface area (Å²) in [5.74, 6) is -0.0675. The highest BCUT2D eigenvalue weighted by Crippen LogP contribution is 2.16. The summed E-state index contributed by atoms with van der Waals surface area (Å²) in [7, 11) is 0. The van der Waals surface area contributed by atoms with E-state index < -0.39 is 12.1 Å². The van der Waals surface area contributed by atoms with Crippen LogP contribution < -0.4 is 5.32 Å². The smallest absolute Gasteiger partial charge is 0.305 e. The summed E-state index contributed by atoms with van der Waals surface area (Å²) in [6.07, 6.45) is 81.4. The highest BCUT2D eigenvalue weighted by atomic mass is 16.5. The minimum Gasteiger partial charge on any atom is -0.466 e. The average Bonchev–Trinajstić information content (AvgIpc) is 3.39. The van der Waals surface area contributed by atoms with Crippen LogP contribution in [0.3, 0.4) is 0 Å². The Hall–Kier alpha value is -2.44. The Bertz CT molecular complexity index is 1270. The highest BCUT2D eigenvalue weighted by molar-refractivity contribution is 5.76. The summed E-state index contributed by atoms with van der Waals surface area (Å²) in [6.45, 7) is 4.86. The van der Waals surface area contributed by atoms with E-state index in [0.29, 0.717) is 19.4 Å². The van der Waals surface area contributed by atoms with Crippen LogP contribution >= 0.6 is 0 Å². The number of hydrogen-bond acceptors (Lipinski definition) is 5. The van der Waals surface area contributed by atoms with Crippen LogP contribution in [0, 0.1) is 0 Å². The van der Waals surface area contributed by atoms with Crippen molar-refractivity contribution in [2.45, 2.75) is 341 Å². The summed E-state index contributed by atoms with van der Waals surface area (Å²) in [4.78, 5) is 24.5. The van der Waals surface area contributed by atoms with Crippen LogP contribution in [0.2, 0.25) is 0 Å². The Morgan fingerprint density at radius 1 is 0.384 bits per heavy atom. The number of aliphatic hydroxyl groups excluding tert-OH is 2. The Kier molecular flexibility index (Phi) is 60.0. The van der Waals surface area contributed by atoms with Crippen molar-refractivity contribution < 1.29 is 24.5 Å². The number of carbonyl (C=O) groups is 2. The number of unbranched alkanes of at least 4 members (excludes halogenated alkanes) is 40. The van der Waals surface area contributed by atoms with E-state index in [9.17, 15) is 19.8 Å². The molecule has 73 heavy (non-hydrogen) atoms. The molecule has 3 N–H and O–H groups in total. The maximum atomic E-state index is 12.4. The van der Waals surface area contributed by atoms with Gasteiger partial charge in [-0.1, -0.05) is 280 Å². The molecule has 0 radical (unpaired) electrons. The maximum Gasteiger partial charge on any atom is 0.305 e. The number of amides is 1. The van der Waals surface area contributed by atoms with Crippen molar-refractivity contribution in [2.75, 3.05) is 13.2 Å². The number of carbonyl (C=O) groups excluding carboxylic acids is 2. The predicted octanol–water partition coefficient (Wildman–Crippen LogP) is 20.3. The quantitative estimate of drug-likeness (QED) is 0.0320. The van der Waals surface area contributed by atoms with Crippen LogP contribution in [0.15, 0.2) is 60.8 Å². The molecule has 0 fully saturated rings. The lowest BCUT2D eigenvalue weighted by Gasteiger charge is -2.20. The topological polar surface area (TPSA) is 95.9 Å². The normalized spacial score (nSPS) is 13.0. The van der Waals surface area contributed by atoms with Gasteiger partial charge in [-0.05, 0) is 96.3 Å².